The van der Waals surface area contributed by atoms with E-state index < -0.39 is 5.97 Å². The first-order valence-corrected chi connectivity index (χ1v) is 8.79. The second kappa shape index (κ2) is 7.34. The van der Waals surface area contributed by atoms with Crippen LogP contribution >= 0.6 is 11.6 Å². The summed E-state index contributed by atoms with van der Waals surface area (Å²) < 4.78 is 6.71. The van der Waals surface area contributed by atoms with E-state index in [1.807, 2.05) is 29.8 Å². The van der Waals surface area contributed by atoms with Gasteiger partial charge in [-0.05, 0) is 50.1 Å². The van der Waals surface area contributed by atoms with Crippen molar-refractivity contribution in [2.45, 2.75) is 26.8 Å². The molecule has 0 amide bonds. The van der Waals surface area contributed by atoms with Crippen LogP contribution in [0.5, 0.6) is 0 Å². The highest BCUT2D eigenvalue weighted by molar-refractivity contribution is 6.31. The van der Waals surface area contributed by atoms with E-state index in [1.54, 1.807) is 6.07 Å². The van der Waals surface area contributed by atoms with Crippen molar-refractivity contribution >= 4 is 17.6 Å². The highest BCUT2D eigenvalue weighted by Crippen LogP contribution is 2.30. The molecule has 0 N–H and O–H groups in total. The molecule has 0 bridgehead atoms. The van der Waals surface area contributed by atoms with E-state index in [9.17, 15) is 4.79 Å². The van der Waals surface area contributed by atoms with Gasteiger partial charge in [0.2, 0.25) is 0 Å². The number of rotatable bonds is 4. The fourth-order valence-corrected chi connectivity index (χ4v) is 3.02. The Morgan fingerprint density at radius 1 is 1.12 bits per heavy atom. The number of hydrogen-bond donors (Lipinski definition) is 0. The summed E-state index contributed by atoms with van der Waals surface area (Å²) >= 11 is 6.16. The van der Waals surface area contributed by atoms with Gasteiger partial charge >= 0.3 is 5.97 Å². The monoisotopic (exact) mass is 368 g/mol. The Labute approximate surface area is 158 Å². The molecule has 26 heavy (non-hydrogen) atoms. The van der Waals surface area contributed by atoms with Crippen molar-refractivity contribution < 1.29 is 9.53 Å². The highest BCUT2D eigenvalue weighted by atomic mass is 35.5. The maximum Gasteiger partial charge on any atom is 0.358 e. The number of esters is 1. The summed E-state index contributed by atoms with van der Waals surface area (Å²) in [4.78, 5) is 12.0. The van der Waals surface area contributed by atoms with Crippen LogP contribution in [0.15, 0.2) is 48.5 Å². The molecule has 0 spiro atoms. The van der Waals surface area contributed by atoms with Crippen molar-refractivity contribution in [2.75, 3.05) is 7.11 Å². The largest absolute Gasteiger partial charge is 0.464 e. The van der Waals surface area contributed by atoms with Gasteiger partial charge in [-0.2, -0.15) is 5.10 Å². The third kappa shape index (κ3) is 3.51. The van der Waals surface area contributed by atoms with Crippen LogP contribution in [0, 0.1) is 13.8 Å². The molecule has 0 aliphatic carbocycles. The quantitative estimate of drug-likeness (QED) is 0.593. The minimum Gasteiger partial charge on any atom is -0.464 e. The molecule has 0 aliphatic rings. The summed E-state index contributed by atoms with van der Waals surface area (Å²) in [5, 5.41) is 5.23. The molecule has 0 saturated carbocycles. The lowest BCUT2D eigenvalue weighted by Gasteiger charge is -2.17. The lowest BCUT2D eigenvalue weighted by atomic mass is 10.0. The molecule has 1 aromatic heterocycles. The summed E-state index contributed by atoms with van der Waals surface area (Å²) in [6.07, 6.45) is 0. The maximum absolute atomic E-state index is 12.0. The van der Waals surface area contributed by atoms with Crippen molar-refractivity contribution in [2.24, 2.45) is 0 Å². The van der Waals surface area contributed by atoms with Crippen LogP contribution in [0.2, 0.25) is 5.02 Å². The van der Waals surface area contributed by atoms with Gasteiger partial charge in [0, 0.05) is 10.6 Å². The molecule has 4 nitrogen and oxygen atoms in total. The molecule has 0 saturated heterocycles. The van der Waals surface area contributed by atoms with Crippen LogP contribution < -0.4 is 0 Å². The van der Waals surface area contributed by atoms with Gasteiger partial charge in [-0.1, -0.05) is 47.5 Å². The zero-order valence-electron chi connectivity index (χ0n) is 15.3. The summed E-state index contributed by atoms with van der Waals surface area (Å²) in [5.74, 6) is -0.452. The van der Waals surface area contributed by atoms with Gasteiger partial charge in [-0.25, -0.2) is 4.79 Å². The number of ether oxygens (including phenoxy) is 1. The molecule has 134 valence electrons. The third-order valence-corrected chi connectivity index (χ3v) is 4.93. The number of aromatic nitrogens is 2. The topological polar surface area (TPSA) is 44.1 Å². The lowest BCUT2D eigenvalue weighted by Crippen LogP contribution is -2.11. The van der Waals surface area contributed by atoms with Crippen LogP contribution in [0.25, 0.3) is 11.3 Å². The van der Waals surface area contributed by atoms with E-state index in [1.165, 1.54) is 12.7 Å². The van der Waals surface area contributed by atoms with E-state index in [4.69, 9.17) is 16.3 Å². The van der Waals surface area contributed by atoms with E-state index in [-0.39, 0.29) is 11.7 Å². The Hall–Kier alpha value is -2.59. The normalized spacial score (nSPS) is 12.0. The first-order chi connectivity index (χ1) is 12.4. The lowest BCUT2D eigenvalue weighted by molar-refractivity contribution is 0.0593. The molecule has 0 aliphatic heterocycles. The van der Waals surface area contributed by atoms with Gasteiger partial charge < -0.3 is 4.74 Å². The van der Waals surface area contributed by atoms with Crippen molar-refractivity contribution in [1.82, 2.24) is 9.78 Å². The molecular formula is C21H21ClN2O2. The molecule has 1 heterocycles. The van der Waals surface area contributed by atoms with Crippen LogP contribution in [-0.2, 0) is 4.74 Å². The summed E-state index contributed by atoms with van der Waals surface area (Å²) in [7, 11) is 1.36. The van der Waals surface area contributed by atoms with Gasteiger partial charge in [-0.15, -0.1) is 0 Å². The average Bonchev–Trinajstić information content (AvgIpc) is 3.08. The Kier molecular flexibility index (Phi) is 5.14. The summed E-state index contributed by atoms with van der Waals surface area (Å²) in [6.45, 7) is 6.07. The highest BCUT2D eigenvalue weighted by Gasteiger charge is 2.20. The molecule has 2 aromatic carbocycles. The van der Waals surface area contributed by atoms with Crippen molar-refractivity contribution in [1.29, 1.82) is 0 Å². The molecule has 3 aromatic rings. The molecule has 1 unspecified atom stereocenters. The Bertz CT molecular complexity index is 945. The van der Waals surface area contributed by atoms with E-state index in [2.05, 4.69) is 43.2 Å². The standard InChI is InChI=1S/C21H21ClN2O2/c1-13-5-7-16(8-6-13)15(3)24-20(12-19(23-24)21(25)26-4)17-9-10-18(22)14(2)11-17/h5-12,15H,1-4H3. The van der Waals surface area contributed by atoms with Gasteiger partial charge in [0.25, 0.3) is 0 Å². The van der Waals surface area contributed by atoms with Crippen LogP contribution in [0.4, 0.5) is 0 Å². The van der Waals surface area contributed by atoms with Gasteiger partial charge in [-0.3, -0.25) is 4.68 Å². The van der Waals surface area contributed by atoms with Crippen LogP contribution in [0.1, 0.15) is 40.1 Å². The first kappa shape index (κ1) is 18.2. The number of aryl methyl sites for hydroxylation is 2. The van der Waals surface area contributed by atoms with E-state index in [0.717, 1.165) is 22.4 Å². The van der Waals surface area contributed by atoms with Crippen molar-refractivity contribution in [3.05, 3.63) is 75.9 Å². The van der Waals surface area contributed by atoms with Crippen LogP contribution in [0.3, 0.4) is 0 Å². The van der Waals surface area contributed by atoms with E-state index >= 15 is 0 Å². The predicted octanol–water partition coefficient (Wildman–Crippen LogP) is 5.22. The van der Waals surface area contributed by atoms with Gasteiger partial charge in [0.1, 0.15) is 0 Å². The number of halogens is 1. The molecule has 0 radical (unpaired) electrons. The number of nitrogens with zero attached hydrogens (tertiary/aromatic N) is 2. The number of carbonyl (C=O) groups excluding carboxylic acids is 1. The predicted molar refractivity (Wildman–Crippen MR) is 104 cm³/mol. The van der Waals surface area contributed by atoms with Gasteiger partial charge in [0.05, 0.1) is 18.8 Å². The smallest absolute Gasteiger partial charge is 0.358 e. The number of carbonyl (C=O) groups is 1. The second-order valence-corrected chi connectivity index (χ2v) is 6.81. The first-order valence-electron chi connectivity index (χ1n) is 8.41. The Morgan fingerprint density at radius 3 is 2.42 bits per heavy atom. The number of benzene rings is 2. The van der Waals surface area contributed by atoms with Crippen molar-refractivity contribution in [3.63, 3.8) is 0 Å². The Balaban J connectivity index is 2.13. The molecule has 1 atom stereocenters. The molecule has 0 fully saturated rings. The summed E-state index contributed by atoms with van der Waals surface area (Å²) in [6, 6.07) is 15.8. The maximum atomic E-state index is 12.0. The van der Waals surface area contributed by atoms with E-state index in [0.29, 0.717) is 5.02 Å². The molecular weight excluding hydrogens is 348 g/mol. The minimum atomic E-state index is -0.452. The fraction of sp³-hybridized carbons (Fsp3) is 0.238. The average molecular weight is 369 g/mol. The zero-order chi connectivity index (χ0) is 18.8. The zero-order valence-corrected chi connectivity index (χ0v) is 16.0. The summed E-state index contributed by atoms with van der Waals surface area (Å²) in [5.41, 5.74) is 5.37. The van der Waals surface area contributed by atoms with Crippen molar-refractivity contribution in [3.8, 4) is 11.3 Å². The molecule has 3 rings (SSSR count). The third-order valence-electron chi connectivity index (χ3n) is 4.51. The minimum absolute atomic E-state index is 0.0417. The number of hydrogen-bond acceptors (Lipinski definition) is 3. The fourth-order valence-electron chi connectivity index (χ4n) is 2.90. The second-order valence-electron chi connectivity index (χ2n) is 6.40. The molecule has 5 heteroatoms. The number of methoxy groups -OCH3 is 1. The SMILES string of the molecule is COC(=O)c1cc(-c2ccc(Cl)c(C)c2)n(C(C)c2ccc(C)cc2)n1. The van der Waals surface area contributed by atoms with Crippen LogP contribution in [-0.4, -0.2) is 22.9 Å². The van der Waals surface area contributed by atoms with Gasteiger partial charge in [0.15, 0.2) is 5.69 Å². The Morgan fingerprint density at radius 2 is 1.81 bits per heavy atom.